The van der Waals surface area contributed by atoms with Gasteiger partial charge in [0.15, 0.2) is 0 Å². The van der Waals surface area contributed by atoms with Crippen LogP contribution < -0.4 is 0 Å². The Bertz CT molecular complexity index is 486. The first-order valence-corrected chi connectivity index (χ1v) is 8.06. The number of rotatable bonds is 7. The van der Waals surface area contributed by atoms with Crippen molar-refractivity contribution in [3.63, 3.8) is 0 Å². The van der Waals surface area contributed by atoms with E-state index in [1.165, 1.54) is 38.5 Å². The van der Waals surface area contributed by atoms with Crippen molar-refractivity contribution in [2.75, 3.05) is 6.61 Å². The van der Waals surface area contributed by atoms with Crippen LogP contribution in [0.5, 0.6) is 5.75 Å². The van der Waals surface area contributed by atoms with E-state index in [-0.39, 0.29) is 0 Å². The van der Waals surface area contributed by atoms with Crippen molar-refractivity contribution in [2.45, 2.75) is 51.9 Å². The van der Waals surface area contributed by atoms with Crippen LogP contribution in [0.1, 0.15) is 51.9 Å². The summed E-state index contributed by atoms with van der Waals surface area (Å²) in [5.74, 6) is 0.323. The maximum atomic E-state index is 9.13. The zero-order valence-corrected chi connectivity index (χ0v) is 13.1. The van der Waals surface area contributed by atoms with Crippen molar-refractivity contribution < 1.29 is 10.2 Å². The number of benzene rings is 2. The van der Waals surface area contributed by atoms with Gasteiger partial charge in [-0.25, -0.2) is 0 Å². The van der Waals surface area contributed by atoms with Gasteiger partial charge in [0, 0.05) is 6.61 Å². The molecule has 0 aliphatic carbocycles. The van der Waals surface area contributed by atoms with Crippen LogP contribution in [-0.4, -0.2) is 16.8 Å². The molecule has 0 heterocycles. The van der Waals surface area contributed by atoms with Crippen molar-refractivity contribution in [1.29, 1.82) is 0 Å². The molecule has 0 fully saturated rings. The normalized spacial score (nSPS) is 10.2. The lowest BCUT2D eigenvalue weighted by atomic mass is 10.1. The third kappa shape index (κ3) is 7.72. The van der Waals surface area contributed by atoms with E-state index in [4.69, 9.17) is 10.2 Å². The zero-order chi connectivity index (χ0) is 15.3. The third-order valence-corrected chi connectivity index (χ3v) is 3.49. The first-order valence-electron chi connectivity index (χ1n) is 8.06. The van der Waals surface area contributed by atoms with E-state index < -0.39 is 0 Å². The maximum Gasteiger partial charge on any atom is 0.116 e. The fourth-order valence-corrected chi connectivity index (χ4v) is 2.25. The topological polar surface area (TPSA) is 40.5 Å². The van der Waals surface area contributed by atoms with Crippen LogP contribution in [0.25, 0.3) is 10.8 Å². The van der Waals surface area contributed by atoms with E-state index in [0.717, 1.165) is 17.2 Å². The van der Waals surface area contributed by atoms with E-state index in [1.807, 2.05) is 30.3 Å². The van der Waals surface area contributed by atoms with Crippen molar-refractivity contribution in [3.8, 4) is 5.75 Å². The van der Waals surface area contributed by atoms with E-state index in [2.05, 4.69) is 6.92 Å². The van der Waals surface area contributed by atoms with Crippen LogP contribution in [0.2, 0.25) is 0 Å². The summed E-state index contributed by atoms with van der Waals surface area (Å²) in [6, 6.07) is 13.3. The molecule has 0 spiro atoms. The summed E-state index contributed by atoms with van der Waals surface area (Å²) >= 11 is 0. The molecule has 0 saturated carbocycles. The Labute approximate surface area is 128 Å². The standard InChI is InChI=1S/C10H8O.C9H20O/c11-10-6-5-8-3-1-2-4-9(8)7-10;1-2-3-4-5-6-7-8-9-10/h1-7,11H;10H,2-9H2,1H3. The lowest BCUT2D eigenvalue weighted by molar-refractivity contribution is 0.282. The quantitative estimate of drug-likeness (QED) is 0.681. The molecule has 0 amide bonds. The van der Waals surface area contributed by atoms with Crippen molar-refractivity contribution in [1.82, 2.24) is 0 Å². The lowest BCUT2D eigenvalue weighted by Gasteiger charge is -1.97. The highest BCUT2D eigenvalue weighted by atomic mass is 16.3. The molecule has 0 bridgehead atoms. The summed E-state index contributed by atoms with van der Waals surface area (Å²) in [5, 5.41) is 19.8. The molecule has 0 saturated heterocycles. The number of aliphatic hydroxyl groups excluding tert-OH is 1. The molecular formula is C19H28O2. The predicted octanol–water partition coefficient (Wildman–Crippen LogP) is 5.27. The van der Waals surface area contributed by atoms with Crippen molar-refractivity contribution in [2.24, 2.45) is 0 Å². The number of aromatic hydroxyl groups is 1. The van der Waals surface area contributed by atoms with Gasteiger partial charge in [-0.3, -0.25) is 0 Å². The van der Waals surface area contributed by atoms with Gasteiger partial charge < -0.3 is 10.2 Å². The fraction of sp³-hybridized carbons (Fsp3) is 0.474. The maximum absolute atomic E-state index is 9.13. The van der Waals surface area contributed by atoms with Crippen LogP contribution in [0.15, 0.2) is 42.5 Å². The summed E-state index contributed by atoms with van der Waals surface area (Å²) in [4.78, 5) is 0. The van der Waals surface area contributed by atoms with E-state index in [9.17, 15) is 0 Å². The number of hydrogen-bond donors (Lipinski definition) is 2. The van der Waals surface area contributed by atoms with Gasteiger partial charge in [0.05, 0.1) is 0 Å². The van der Waals surface area contributed by atoms with Crippen molar-refractivity contribution in [3.05, 3.63) is 42.5 Å². The second kappa shape index (κ2) is 11.2. The van der Waals surface area contributed by atoms with E-state index in [0.29, 0.717) is 12.4 Å². The highest BCUT2D eigenvalue weighted by Crippen LogP contribution is 2.18. The summed E-state index contributed by atoms with van der Waals surface area (Å²) in [6.45, 7) is 2.60. The molecule has 2 aromatic rings. The lowest BCUT2D eigenvalue weighted by Crippen LogP contribution is -1.83. The molecule has 2 aromatic carbocycles. The minimum Gasteiger partial charge on any atom is -0.508 e. The molecule has 0 aromatic heterocycles. The summed E-state index contributed by atoms with van der Waals surface area (Å²) < 4.78 is 0. The smallest absolute Gasteiger partial charge is 0.116 e. The molecule has 0 radical (unpaired) electrons. The van der Waals surface area contributed by atoms with Gasteiger partial charge in [0.1, 0.15) is 5.75 Å². The molecule has 0 aliphatic rings. The number of aliphatic hydroxyl groups is 1. The number of fused-ring (bicyclic) bond motifs is 1. The number of unbranched alkanes of at least 4 members (excludes halogenated alkanes) is 6. The Balaban J connectivity index is 0.000000212. The van der Waals surface area contributed by atoms with Crippen LogP contribution in [0.4, 0.5) is 0 Å². The largest absolute Gasteiger partial charge is 0.508 e. The monoisotopic (exact) mass is 288 g/mol. The zero-order valence-electron chi connectivity index (χ0n) is 13.1. The average Bonchev–Trinajstić information content (AvgIpc) is 2.51. The SMILES string of the molecule is CCCCCCCCCO.Oc1ccc2ccccc2c1. The fourth-order valence-electron chi connectivity index (χ4n) is 2.25. The number of hydrogen-bond acceptors (Lipinski definition) is 2. The first-order chi connectivity index (χ1) is 10.3. The molecule has 2 rings (SSSR count). The van der Waals surface area contributed by atoms with Crippen LogP contribution in [-0.2, 0) is 0 Å². The third-order valence-electron chi connectivity index (χ3n) is 3.49. The first kappa shape index (κ1) is 17.5. The Hall–Kier alpha value is -1.54. The van der Waals surface area contributed by atoms with Gasteiger partial charge in [-0.15, -0.1) is 0 Å². The summed E-state index contributed by atoms with van der Waals surface area (Å²) in [6.07, 6.45) is 8.93. The highest BCUT2D eigenvalue weighted by molar-refractivity contribution is 5.83. The van der Waals surface area contributed by atoms with Crippen LogP contribution in [0, 0.1) is 0 Å². The van der Waals surface area contributed by atoms with Gasteiger partial charge in [0.2, 0.25) is 0 Å². The van der Waals surface area contributed by atoms with E-state index >= 15 is 0 Å². The van der Waals surface area contributed by atoms with Gasteiger partial charge in [-0.1, -0.05) is 75.8 Å². The Morgan fingerprint density at radius 3 is 2.05 bits per heavy atom. The minimum atomic E-state index is 0.323. The second-order valence-electron chi connectivity index (χ2n) is 5.38. The van der Waals surface area contributed by atoms with Gasteiger partial charge in [-0.2, -0.15) is 0 Å². The molecule has 116 valence electrons. The number of phenolic OH excluding ortho intramolecular Hbond substituents is 1. The van der Waals surface area contributed by atoms with E-state index in [1.54, 1.807) is 12.1 Å². The Morgan fingerprint density at radius 1 is 0.762 bits per heavy atom. The summed E-state index contributed by atoms with van der Waals surface area (Å²) in [5.41, 5.74) is 0. The molecule has 0 unspecified atom stereocenters. The molecule has 2 heteroatoms. The predicted molar refractivity (Wildman–Crippen MR) is 90.7 cm³/mol. The number of phenols is 1. The minimum absolute atomic E-state index is 0.323. The summed E-state index contributed by atoms with van der Waals surface area (Å²) in [7, 11) is 0. The van der Waals surface area contributed by atoms with Crippen LogP contribution in [0.3, 0.4) is 0 Å². The van der Waals surface area contributed by atoms with Crippen LogP contribution >= 0.6 is 0 Å². The van der Waals surface area contributed by atoms with Crippen molar-refractivity contribution >= 4 is 10.8 Å². The Morgan fingerprint density at radius 2 is 1.38 bits per heavy atom. The molecule has 0 aliphatic heterocycles. The molecule has 2 N–H and O–H groups in total. The Kier molecular flexibility index (Phi) is 9.30. The molecule has 21 heavy (non-hydrogen) atoms. The van der Waals surface area contributed by atoms with Gasteiger partial charge in [0.25, 0.3) is 0 Å². The van der Waals surface area contributed by atoms with Gasteiger partial charge in [-0.05, 0) is 29.3 Å². The molecular weight excluding hydrogens is 260 g/mol. The highest BCUT2D eigenvalue weighted by Gasteiger charge is 1.91. The molecule has 0 atom stereocenters. The second-order valence-corrected chi connectivity index (χ2v) is 5.38. The average molecular weight is 288 g/mol. The molecule has 2 nitrogen and oxygen atoms in total. The van der Waals surface area contributed by atoms with Gasteiger partial charge >= 0.3 is 0 Å².